The van der Waals surface area contributed by atoms with E-state index in [1.54, 1.807) is 7.11 Å². The summed E-state index contributed by atoms with van der Waals surface area (Å²) in [6.07, 6.45) is 1.02. The Morgan fingerprint density at radius 1 is 1.10 bits per heavy atom. The Labute approximate surface area is 135 Å². The van der Waals surface area contributed by atoms with Crippen LogP contribution in [0.5, 0.6) is 5.75 Å². The van der Waals surface area contributed by atoms with Gasteiger partial charge in [-0.1, -0.05) is 40.2 Å². The molecule has 1 N–H and O–H groups in total. The lowest BCUT2D eigenvalue weighted by Crippen LogP contribution is -2.30. The van der Waals surface area contributed by atoms with Crippen molar-refractivity contribution in [1.82, 2.24) is 5.32 Å². The third-order valence-corrected chi connectivity index (χ3v) is 4.11. The zero-order chi connectivity index (χ0) is 15.2. The van der Waals surface area contributed by atoms with Crippen LogP contribution in [0.2, 0.25) is 0 Å². The van der Waals surface area contributed by atoms with Crippen LogP contribution >= 0.6 is 15.9 Å². The van der Waals surface area contributed by atoms with Crippen LogP contribution in [0.15, 0.2) is 53.0 Å². The Kier molecular flexibility index (Phi) is 5.83. The third-order valence-electron chi connectivity index (χ3n) is 3.58. The van der Waals surface area contributed by atoms with Crippen molar-refractivity contribution < 1.29 is 4.74 Å². The minimum atomic E-state index is 0.297. The van der Waals surface area contributed by atoms with Gasteiger partial charge in [0.2, 0.25) is 0 Å². The molecule has 0 fully saturated rings. The topological polar surface area (TPSA) is 21.3 Å². The molecule has 0 aliphatic heterocycles. The lowest BCUT2D eigenvalue weighted by molar-refractivity contribution is 0.412. The first-order valence-electron chi connectivity index (χ1n) is 7.23. The smallest absolute Gasteiger partial charge is 0.119 e. The molecule has 0 spiro atoms. The molecule has 2 atom stereocenters. The maximum atomic E-state index is 5.28. The number of methoxy groups -OCH3 is 1. The van der Waals surface area contributed by atoms with E-state index in [1.807, 2.05) is 12.1 Å². The maximum absolute atomic E-state index is 5.28. The highest BCUT2D eigenvalue weighted by Crippen LogP contribution is 2.20. The van der Waals surface area contributed by atoms with Crippen molar-refractivity contribution in [3.05, 3.63) is 64.1 Å². The van der Waals surface area contributed by atoms with Gasteiger partial charge in [0, 0.05) is 16.6 Å². The van der Waals surface area contributed by atoms with E-state index in [4.69, 9.17) is 4.74 Å². The summed E-state index contributed by atoms with van der Waals surface area (Å²) in [5, 5.41) is 3.64. The highest BCUT2D eigenvalue weighted by Gasteiger charge is 2.10. The lowest BCUT2D eigenvalue weighted by atomic mass is 10.0. The van der Waals surface area contributed by atoms with Gasteiger partial charge in [0.1, 0.15) is 5.75 Å². The number of benzene rings is 2. The van der Waals surface area contributed by atoms with E-state index in [0.717, 1.165) is 16.6 Å². The van der Waals surface area contributed by atoms with Gasteiger partial charge in [-0.05, 0) is 55.7 Å². The molecule has 112 valence electrons. The standard InChI is InChI=1S/C18H22BrNO/c1-13(11-15-7-9-17(19)10-8-15)20-14(2)16-5-4-6-18(12-16)21-3/h4-10,12-14,20H,11H2,1-3H3/t13?,14-/m1/s1. The Morgan fingerprint density at radius 3 is 2.48 bits per heavy atom. The molecule has 2 aromatic rings. The van der Waals surface area contributed by atoms with Gasteiger partial charge >= 0.3 is 0 Å². The van der Waals surface area contributed by atoms with Gasteiger partial charge in [0.15, 0.2) is 0 Å². The van der Waals surface area contributed by atoms with E-state index in [-0.39, 0.29) is 0 Å². The summed E-state index contributed by atoms with van der Waals surface area (Å²) in [6, 6.07) is 17.4. The fourth-order valence-electron chi connectivity index (χ4n) is 2.47. The summed E-state index contributed by atoms with van der Waals surface area (Å²) in [6.45, 7) is 4.41. The highest BCUT2D eigenvalue weighted by atomic mass is 79.9. The zero-order valence-electron chi connectivity index (χ0n) is 12.8. The molecule has 0 aliphatic rings. The van der Waals surface area contributed by atoms with E-state index in [1.165, 1.54) is 11.1 Å². The first-order chi connectivity index (χ1) is 10.1. The molecule has 0 heterocycles. The molecule has 21 heavy (non-hydrogen) atoms. The minimum absolute atomic E-state index is 0.297. The van der Waals surface area contributed by atoms with Crippen LogP contribution in [-0.4, -0.2) is 13.2 Å². The van der Waals surface area contributed by atoms with Crippen molar-refractivity contribution in [3.8, 4) is 5.75 Å². The fourth-order valence-corrected chi connectivity index (χ4v) is 2.73. The summed E-state index contributed by atoms with van der Waals surface area (Å²) < 4.78 is 6.41. The van der Waals surface area contributed by atoms with Gasteiger partial charge in [0.25, 0.3) is 0 Å². The zero-order valence-corrected chi connectivity index (χ0v) is 14.4. The van der Waals surface area contributed by atoms with Crippen LogP contribution in [0.4, 0.5) is 0 Å². The Bertz CT molecular complexity index is 568. The average Bonchev–Trinajstić information content (AvgIpc) is 2.49. The van der Waals surface area contributed by atoms with Gasteiger partial charge in [-0.3, -0.25) is 0 Å². The van der Waals surface area contributed by atoms with Crippen LogP contribution in [-0.2, 0) is 6.42 Å². The van der Waals surface area contributed by atoms with E-state index in [0.29, 0.717) is 12.1 Å². The van der Waals surface area contributed by atoms with Crippen LogP contribution in [0.3, 0.4) is 0 Å². The van der Waals surface area contributed by atoms with E-state index >= 15 is 0 Å². The predicted octanol–water partition coefficient (Wildman–Crippen LogP) is 4.74. The molecule has 2 aromatic carbocycles. The predicted molar refractivity (Wildman–Crippen MR) is 91.9 cm³/mol. The molecule has 2 nitrogen and oxygen atoms in total. The van der Waals surface area contributed by atoms with Crippen LogP contribution < -0.4 is 10.1 Å². The van der Waals surface area contributed by atoms with Crippen LogP contribution in [0.25, 0.3) is 0 Å². The Hall–Kier alpha value is -1.32. The average molecular weight is 348 g/mol. The SMILES string of the molecule is COc1cccc([C@@H](C)NC(C)Cc2ccc(Br)cc2)c1. The summed E-state index contributed by atoms with van der Waals surface area (Å²) in [5.41, 5.74) is 2.59. The van der Waals surface area contributed by atoms with Crippen LogP contribution in [0, 0.1) is 0 Å². The second kappa shape index (κ2) is 7.62. The molecule has 0 aromatic heterocycles. The van der Waals surface area contributed by atoms with Crippen LogP contribution in [0.1, 0.15) is 31.0 Å². The maximum Gasteiger partial charge on any atom is 0.119 e. The number of hydrogen-bond donors (Lipinski definition) is 1. The molecule has 0 amide bonds. The van der Waals surface area contributed by atoms with Gasteiger partial charge in [-0.15, -0.1) is 0 Å². The molecule has 0 saturated carbocycles. The molecule has 0 aliphatic carbocycles. The molecular weight excluding hydrogens is 326 g/mol. The highest BCUT2D eigenvalue weighted by molar-refractivity contribution is 9.10. The minimum Gasteiger partial charge on any atom is -0.497 e. The Morgan fingerprint density at radius 2 is 1.81 bits per heavy atom. The van der Waals surface area contributed by atoms with Crippen molar-refractivity contribution in [3.63, 3.8) is 0 Å². The lowest BCUT2D eigenvalue weighted by Gasteiger charge is -2.21. The van der Waals surface area contributed by atoms with Crippen molar-refractivity contribution in [2.75, 3.05) is 7.11 Å². The number of halogens is 1. The molecule has 0 bridgehead atoms. The van der Waals surface area contributed by atoms with E-state index in [2.05, 4.69) is 71.5 Å². The second-order valence-corrected chi connectivity index (χ2v) is 6.31. The Balaban J connectivity index is 1.94. The van der Waals surface area contributed by atoms with E-state index < -0.39 is 0 Å². The number of ether oxygens (including phenoxy) is 1. The summed E-state index contributed by atoms with van der Waals surface area (Å²) in [7, 11) is 1.70. The van der Waals surface area contributed by atoms with Gasteiger partial charge in [0.05, 0.1) is 7.11 Å². The third kappa shape index (κ3) is 4.87. The number of rotatable bonds is 6. The quantitative estimate of drug-likeness (QED) is 0.814. The van der Waals surface area contributed by atoms with Crippen molar-refractivity contribution >= 4 is 15.9 Å². The first-order valence-corrected chi connectivity index (χ1v) is 8.02. The largest absolute Gasteiger partial charge is 0.497 e. The molecule has 1 unspecified atom stereocenters. The first kappa shape index (κ1) is 16.1. The summed E-state index contributed by atoms with van der Waals surface area (Å²) in [5.74, 6) is 0.904. The van der Waals surface area contributed by atoms with Crippen molar-refractivity contribution in [2.45, 2.75) is 32.4 Å². The summed E-state index contributed by atoms with van der Waals surface area (Å²) in [4.78, 5) is 0. The van der Waals surface area contributed by atoms with Gasteiger partial charge < -0.3 is 10.1 Å². The molecule has 0 saturated heterocycles. The monoisotopic (exact) mass is 347 g/mol. The van der Waals surface area contributed by atoms with E-state index in [9.17, 15) is 0 Å². The second-order valence-electron chi connectivity index (χ2n) is 5.40. The number of nitrogens with one attached hydrogen (secondary N) is 1. The fraction of sp³-hybridized carbons (Fsp3) is 0.333. The normalized spacial score (nSPS) is 13.7. The number of hydrogen-bond acceptors (Lipinski definition) is 2. The molecule has 3 heteroatoms. The molecular formula is C18H22BrNO. The van der Waals surface area contributed by atoms with Crippen molar-refractivity contribution in [2.24, 2.45) is 0 Å². The van der Waals surface area contributed by atoms with Gasteiger partial charge in [-0.25, -0.2) is 0 Å². The summed E-state index contributed by atoms with van der Waals surface area (Å²) >= 11 is 3.47. The van der Waals surface area contributed by atoms with Crippen molar-refractivity contribution in [1.29, 1.82) is 0 Å². The molecule has 2 rings (SSSR count). The van der Waals surface area contributed by atoms with Gasteiger partial charge in [-0.2, -0.15) is 0 Å². The molecule has 0 radical (unpaired) electrons.